The maximum absolute atomic E-state index is 11.8. The minimum Gasteiger partial charge on any atom is -0.382 e. The first-order chi connectivity index (χ1) is 10.2. The molecule has 0 radical (unpaired) electrons. The van der Waals surface area contributed by atoms with Gasteiger partial charge in [-0.25, -0.2) is 0 Å². The fourth-order valence-corrected chi connectivity index (χ4v) is 1.59. The van der Waals surface area contributed by atoms with Gasteiger partial charge in [0.25, 0.3) is 0 Å². The lowest BCUT2D eigenvalue weighted by molar-refractivity contribution is 0.00492. The summed E-state index contributed by atoms with van der Waals surface area (Å²) in [7, 11) is 1.63. The summed E-state index contributed by atoms with van der Waals surface area (Å²) in [6.07, 6.45) is 0. The minimum atomic E-state index is -0.0745. The number of ketones is 1. The number of carbonyl (C=O) groups excluding carboxylic acids is 1. The molecule has 0 N–H and O–H groups in total. The van der Waals surface area contributed by atoms with Gasteiger partial charge in [-0.15, -0.1) is 0 Å². The molecule has 118 valence electrons. The zero-order valence-electron chi connectivity index (χ0n) is 12.2. The average molecular weight is 317 g/mol. The van der Waals surface area contributed by atoms with E-state index in [0.29, 0.717) is 50.2 Å². The minimum absolute atomic E-state index is 0.0370. The van der Waals surface area contributed by atoms with Gasteiger partial charge in [-0.2, -0.15) is 0 Å². The van der Waals surface area contributed by atoms with E-state index in [0.717, 1.165) is 0 Å². The Morgan fingerprint density at radius 2 is 1.43 bits per heavy atom. The van der Waals surface area contributed by atoms with E-state index in [1.807, 2.05) is 0 Å². The topological polar surface area (TPSA) is 54.0 Å². The van der Waals surface area contributed by atoms with Crippen LogP contribution in [0.3, 0.4) is 0 Å². The number of rotatable bonds is 12. The van der Waals surface area contributed by atoms with E-state index in [2.05, 4.69) is 0 Å². The van der Waals surface area contributed by atoms with E-state index in [-0.39, 0.29) is 12.4 Å². The highest BCUT2D eigenvalue weighted by atomic mass is 35.5. The van der Waals surface area contributed by atoms with Gasteiger partial charge in [0.05, 0.1) is 39.6 Å². The molecule has 0 bridgehead atoms. The van der Waals surface area contributed by atoms with E-state index >= 15 is 0 Å². The first-order valence-electron chi connectivity index (χ1n) is 6.75. The SMILES string of the molecule is COCCOCCOCCOCC(=O)c1ccc(Cl)cc1. The quantitative estimate of drug-likeness (QED) is 0.437. The van der Waals surface area contributed by atoms with Crippen molar-refractivity contribution in [1.82, 2.24) is 0 Å². The lowest BCUT2D eigenvalue weighted by Gasteiger charge is -2.06. The van der Waals surface area contributed by atoms with Gasteiger partial charge < -0.3 is 18.9 Å². The molecule has 21 heavy (non-hydrogen) atoms. The largest absolute Gasteiger partial charge is 0.382 e. The Balaban J connectivity index is 1.96. The van der Waals surface area contributed by atoms with E-state index in [9.17, 15) is 4.79 Å². The second-order valence-corrected chi connectivity index (χ2v) is 4.64. The van der Waals surface area contributed by atoms with Crippen molar-refractivity contribution in [3.8, 4) is 0 Å². The van der Waals surface area contributed by atoms with E-state index in [1.165, 1.54) is 0 Å². The molecule has 0 heterocycles. The highest BCUT2D eigenvalue weighted by molar-refractivity contribution is 6.30. The first kappa shape index (κ1) is 18.1. The number of carbonyl (C=O) groups is 1. The number of ether oxygens (including phenoxy) is 4. The van der Waals surface area contributed by atoms with Crippen molar-refractivity contribution in [2.24, 2.45) is 0 Å². The Morgan fingerprint density at radius 3 is 2.00 bits per heavy atom. The molecule has 0 aliphatic heterocycles. The number of hydrogen-bond donors (Lipinski definition) is 0. The molecule has 0 aliphatic carbocycles. The summed E-state index contributed by atoms with van der Waals surface area (Å²) in [6, 6.07) is 6.73. The van der Waals surface area contributed by atoms with Gasteiger partial charge >= 0.3 is 0 Å². The summed E-state index contributed by atoms with van der Waals surface area (Å²) in [6.45, 7) is 3.00. The number of hydrogen-bond acceptors (Lipinski definition) is 5. The first-order valence-corrected chi connectivity index (χ1v) is 7.12. The molecule has 0 unspecified atom stereocenters. The second-order valence-electron chi connectivity index (χ2n) is 4.20. The zero-order valence-corrected chi connectivity index (χ0v) is 12.9. The highest BCUT2D eigenvalue weighted by Crippen LogP contribution is 2.09. The molecule has 5 nitrogen and oxygen atoms in total. The molecule has 0 amide bonds. The molecule has 0 aliphatic rings. The Morgan fingerprint density at radius 1 is 0.905 bits per heavy atom. The summed E-state index contributed by atoms with van der Waals surface area (Å²) in [5.41, 5.74) is 0.590. The Bertz CT molecular complexity index is 394. The van der Waals surface area contributed by atoms with Crippen LogP contribution < -0.4 is 0 Å². The van der Waals surface area contributed by atoms with Gasteiger partial charge in [0.2, 0.25) is 0 Å². The lowest BCUT2D eigenvalue weighted by Crippen LogP contribution is -2.14. The van der Waals surface area contributed by atoms with Crippen molar-refractivity contribution in [2.75, 3.05) is 53.4 Å². The van der Waals surface area contributed by atoms with Crippen molar-refractivity contribution in [3.63, 3.8) is 0 Å². The molecule has 0 fully saturated rings. The third kappa shape index (κ3) is 8.80. The summed E-state index contributed by atoms with van der Waals surface area (Å²) in [5, 5.41) is 0.605. The van der Waals surface area contributed by atoms with Crippen LogP contribution in [0.5, 0.6) is 0 Å². The molecule has 1 aromatic carbocycles. The predicted molar refractivity (Wildman–Crippen MR) is 80.1 cm³/mol. The Hall–Kier alpha value is -0.980. The van der Waals surface area contributed by atoms with E-state index in [4.69, 9.17) is 30.5 Å². The molecule has 0 spiro atoms. The summed E-state index contributed by atoms with van der Waals surface area (Å²) >= 11 is 5.76. The molecule has 0 saturated heterocycles. The fraction of sp³-hybridized carbons (Fsp3) is 0.533. The number of benzene rings is 1. The monoisotopic (exact) mass is 316 g/mol. The summed E-state index contributed by atoms with van der Waals surface area (Å²) in [5.74, 6) is -0.0745. The Labute approximate surface area is 130 Å². The van der Waals surface area contributed by atoms with Gasteiger partial charge in [-0.05, 0) is 24.3 Å². The number of methoxy groups -OCH3 is 1. The van der Waals surface area contributed by atoms with Gasteiger partial charge in [0.15, 0.2) is 5.78 Å². The van der Waals surface area contributed by atoms with E-state index < -0.39 is 0 Å². The van der Waals surface area contributed by atoms with Gasteiger partial charge in [-0.1, -0.05) is 11.6 Å². The molecular formula is C15H21ClO5. The van der Waals surface area contributed by atoms with Gasteiger partial charge in [0, 0.05) is 17.7 Å². The van der Waals surface area contributed by atoms with Gasteiger partial charge in [0.1, 0.15) is 6.61 Å². The molecule has 0 atom stereocenters. The van der Waals surface area contributed by atoms with Crippen LogP contribution >= 0.6 is 11.6 Å². The molecule has 1 rings (SSSR count). The van der Waals surface area contributed by atoms with Crippen molar-refractivity contribution in [1.29, 1.82) is 0 Å². The van der Waals surface area contributed by atoms with Crippen LogP contribution in [-0.4, -0.2) is 59.1 Å². The summed E-state index contributed by atoms with van der Waals surface area (Å²) in [4.78, 5) is 11.8. The highest BCUT2D eigenvalue weighted by Gasteiger charge is 2.05. The normalized spacial score (nSPS) is 10.8. The van der Waals surface area contributed by atoms with Crippen LogP contribution in [0, 0.1) is 0 Å². The molecule has 6 heteroatoms. The van der Waals surface area contributed by atoms with Gasteiger partial charge in [-0.3, -0.25) is 4.79 Å². The van der Waals surface area contributed by atoms with Crippen molar-refractivity contribution in [3.05, 3.63) is 34.9 Å². The van der Waals surface area contributed by atoms with Crippen LogP contribution in [-0.2, 0) is 18.9 Å². The maximum atomic E-state index is 11.8. The molecule has 1 aromatic rings. The zero-order chi connectivity index (χ0) is 15.3. The molecular weight excluding hydrogens is 296 g/mol. The van der Waals surface area contributed by atoms with Crippen LogP contribution in [0.25, 0.3) is 0 Å². The predicted octanol–water partition coefficient (Wildman–Crippen LogP) is 2.22. The van der Waals surface area contributed by atoms with Crippen molar-refractivity contribution in [2.45, 2.75) is 0 Å². The third-order valence-electron chi connectivity index (χ3n) is 2.58. The second kappa shape index (κ2) is 11.7. The van der Waals surface area contributed by atoms with Crippen LogP contribution in [0.1, 0.15) is 10.4 Å². The molecule has 0 saturated carbocycles. The maximum Gasteiger partial charge on any atom is 0.188 e. The number of Topliss-reactive ketones (excluding diaryl/α,β-unsaturated/α-hetero) is 1. The summed E-state index contributed by atoms with van der Waals surface area (Å²) < 4.78 is 20.6. The van der Waals surface area contributed by atoms with E-state index in [1.54, 1.807) is 31.4 Å². The average Bonchev–Trinajstić information content (AvgIpc) is 2.49. The standard InChI is InChI=1S/C15H21ClO5/c1-18-6-7-19-8-9-20-10-11-21-12-15(17)13-2-4-14(16)5-3-13/h2-5H,6-12H2,1H3. The fourth-order valence-electron chi connectivity index (χ4n) is 1.47. The number of halogens is 1. The van der Waals surface area contributed by atoms with Crippen molar-refractivity contribution < 1.29 is 23.7 Å². The Kier molecular flexibility index (Phi) is 10.0. The molecule has 0 aromatic heterocycles. The third-order valence-corrected chi connectivity index (χ3v) is 2.83. The lowest BCUT2D eigenvalue weighted by atomic mass is 10.1. The van der Waals surface area contributed by atoms with Crippen LogP contribution in [0.15, 0.2) is 24.3 Å². The van der Waals surface area contributed by atoms with Crippen molar-refractivity contribution >= 4 is 17.4 Å². The smallest absolute Gasteiger partial charge is 0.188 e. The van der Waals surface area contributed by atoms with Crippen LogP contribution in [0.2, 0.25) is 5.02 Å². The van der Waals surface area contributed by atoms with Crippen LogP contribution in [0.4, 0.5) is 0 Å².